The number of halogens is 1. The van der Waals surface area contributed by atoms with E-state index in [-0.39, 0.29) is 5.69 Å². The van der Waals surface area contributed by atoms with E-state index < -0.39 is 0 Å². The second-order valence-corrected chi connectivity index (χ2v) is 5.96. The fourth-order valence-corrected chi connectivity index (χ4v) is 3.80. The molecule has 0 amide bonds. The van der Waals surface area contributed by atoms with Gasteiger partial charge in [-0.1, -0.05) is 17.7 Å². The van der Waals surface area contributed by atoms with Crippen molar-refractivity contribution in [1.29, 1.82) is 0 Å². The first kappa shape index (κ1) is 11.2. The molecular formula is C12H13ClN2OS. The summed E-state index contributed by atoms with van der Waals surface area (Å²) in [5.41, 5.74) is 1.62. The summed E-state index contributed by atoms with van der Waals surface area (Å²) in [6, 6.07) is 5.63. The maximum atomic E-state index is 11.9. The highest BCUT2D eigenvalue weighted by Gasteiger charge is 2.18. The van der Waals surface area contributed by atoms with Crippen molar-refractivity contribution in [2.24, 2.45) is 5.92 Å². The van der Waals surface area contributed by atoms with E-state index in [1.165, 1.54) is 12.2 Å². The lowest BCUT2D eigenvalue weighted by atomic mass is 10.1. The topological polar surface area (TPSA) is 37.8 Å². The molecule has 0 aliphatic carbocycles. The normalized spacial score (nSPS) is 20.2. The van der Waals surface area contributed by atoms with Crippen LogP contribution < -0.4 is 5.69 Å². The van der Waals surface area contributed by atoms with Crippen LogP contribution in [0.15, 0.2) is 23.0 Å². The summed E-state index contributed by atoms with van der Waals surface area (Å²) in [6.07, 6.45) is 1.20. The van der Waals surface area contributed by atoms with Crippen LogP contribution in [0.4, 0.5) is 0 Å². The molecule has 1 saturated heterocycles. The van der Waals surface area contributed by atoms with Gasteiger partial charge in [0, 0.05) is 6.54 Å². The number of hydrogen-bond acceptors (Lipinski definition) is 2. The Kier molecular flexibility index (Phi) is 2.92. The Morgan fingerprint density at radius 2 is 2.41 bits per heavy atom. The lowest BCUT2D eigenvalue weighted by Gasteiger charge is -2.09. The molecule has 1 fully saturated rings. The first-order valence-corrected chi connectivity index (χ1v) is 7.24. The van der Waals surface area contributed by atoms with Crippen molar-refractivity contribution >= 4 is 34.4 Å². The predicted molar refractivity (Wildman–Crippen MR) is 73.0 cm³/mol. The van der Waals surface area contributed by atoms with Crippen LogP contribution in [-0.4, -0.2) is 21.1 Å². The van der Waals surface area contributed by atoms with Gasteiger partial charge in [0.1, 0.15) is 0 Å². The number of hydrogen-bond donors (Lipinski definition) is 1. The largest absolute Gasteiger partial charge is 0.326 e. The van der Waals surface area contributed by atoms with Crippen molar-refractivity contribution in [2.45, 2.75) is 13.0 Å². The molecule has 3 rings (SSSR count). The number of nitrogens with one attached hydrogen (secondary N) is 1. The average Bonchev–Trinajstić information content (AvgIpc) is 2.91. The number of H-pyrrole nitrogens is 1. The van der Waals surface area contributed by atoms with Crippen LogP contribution in [-0.2, 0) is 6.54 Å². The molecule has 2 aromatic rings. The minimum absolute atomic E-state index is 0.0509. The van der Waals surface area contributed by atoms with Gasteiger partial charge in [0.25, 0.3) is 0 Å². The number of aromatic nitrogens is 2. The van der Waals surface area contributed by atoms with E-state index in [0.29, 0.717) is 10.9 Å². The van der Waals surface area contributed by atoms with E-state index in [4.69, 9.17) is 11.6 Å². The number of fused-ring (bicyclic) bond motifs is 1. The third-order valence-corrected chi connectivity index (χ3v) is 4.77. The molecule has 1 aromatic carbocycles. The lowest BCUT2D eigenvalue weighted by molar-refractivity contribution is 0.492. The van der Waals surface area contributed by atoms with Crippen molar-refractivity contribution < 1.29 is 0 Å². The summed E-state index contributed by atoms with van der Waals surface area (Å²) in [6.45, 7) is 0.798. The Hall–Kier alpha value is -0.870. The van der Waals surface area contributed by atoms with E-state index in [0.717, 1.165) is 23.3 Å². The molecule has 0 bridgehead atoms. The first-order valence-electron chi connectivity index (χ1n) is 5.70. The molecule has 0 spiro atoms. The number of nitrogens with zero attached hydrogens (tertiary/aromatic N) is 1. The predicted octanol–water partition coefficient (Wildman–Crippen LogP) is 2.74. The minimum Gasteiger partial charge on any atom is -0.304 e. The van der Waals surface area contributed by atoms with Crippen LogP contribution in [0.2, 0.25) is 5.02 Å². The Morgan fingerprint density at radius 1 is 1.53 bits per heavy atom. The molecule has 1 aliphatic heterocycles. The smallest absolute Gasteiger partial charge is 0.304 e. The second-order valence-electron chi connectivity index (χ2n) is 4.40. The van der Waals surface area contributed by atoms with Crippen molar-refractivity contribution in [3.63, 3.8) is 0 Å². The third kappa shape index (κ3) is 2.00. The zero-order chi connectivity index (χ0) is 11.8. The quantitative estimate of drug-likeness (QED) is 0.909. The number of para-hydroxylation sites is 1. The summed E-state index contributed by atoms with van der Waals surface area (Å²) >= 11 is 8.04. The number of aromatic amines is 1. The molecule has 0 saturated carbocycles. The lowest BCUT2D eigenvalue weighted by Crippen LogP contribution is -2.21. The van der Waals surface area contributed by atoms with Gasteiger partial charge < -0.3 is 4.98 Å². The van der Waals surface area contributed by atoms with Crippen LogP contribution >= 0.6 is 23.4 Å². The summed E-state index contributed by atoms with van der Waals surface area (Å²) in [4.78, 5) is 14.8. The first-order chi connectivity index (χ1) is 8.25. The van der Waals surface area contributed by atoms with Gasteiger partial charge in [0.2, 0.25) is 0 Å². The molecule has 2 heterocycles. The molecule has 90 valence electrons. The summed E-state index contributed by atoms with van der Waals surface area (Å²) in [5, 5.41) is 0.610. The summed E-state index contributed by atoms with van der Waals surface area (Å²) < 4.78 is 1.82. The van der Waals surface area contributed by atoms with E-state index in [2.05, 4.69) is 4.98 Å². The Labute approximate surface area is 108 Å². The van der Waals surface area contributed by atoms with Gasteiger partial charge in [-0.2, -0.15) is 11.8 Å². The van der Waals surface area contributed by atoms with Crippen molar-refractivity contribution in [1.82, 2.24) is 9.55 Å². The van der Waals surface area contributed by atoms with Crippen LogP contribution in [0.3, 0.4) is 0 Å². The van der Waals surface area contributed by atoms with Gasteiger partial charge in [-0.3, -0.25) is 4.57 Å². The van der Waals surface area contributed by atoms with Gasteiger partial charge in [-0.15, -0.1) is 0 Å². The highest BCUT2D eigenvalue weighted by molar-refractivity contribution is 7.99. The monoisotopic (exact) mass is 268 g/mol. The fraction of sp³-hybridized carbons (Fsp3) is 0.417. The highest BCUT2D eigenvalue weighted by atomic mass is 35.5. The van der Waals surface area contributed by atoms with E-state index in [1.54, 1.807) is 6.07 Å². The Morgan fingerprint density at radius 3 is 3.18 bits per heavy atom. The maximum Gasteiger partial charge on any atom is 0.326 e. The molecule has 5 heteroatoms. The molecule has 1 unspecified atom stereocenters. The summed E-state index contributed by atoms with van der Waals surface area (Å²) in [5.74, 6) is 2.97. The number of rotatable bonds is 2. The maximum absolute atomic E-state index is 11.9. The van der Waals surface area contributed by atoms with E-state index >= 15 is 0 Å². The van der Waals surface area contributed by atoms with Crippen LogP contribution in [0.1, 0.15) is 6.42 Å². The van der Waals surface area contributed by atoms with Gasteiger partial charge in [0.15, 0.2) is 0 Å². The Bertz CT molecular complexity index is 598. The van der Waals surface area contributed by atoms with Crippen molar-refractivity contribution in [2.75, 3.05) is 11.5 Å². The molecule has 0 radical (unpaired) electrons. The van der Waals surface area contributed by atoms with E-state index in [1.807, 2.05) is 28.5 Å². The minimum atomic E-state index is -0.0509. The van der Waals surface area contributed by atoms with Crippen molar-refractivity contribution in [3.8, 4) is 0 Å². The Balaban J connectivity index is 2.06. The standard InChI is InChI=1S/C12H13ClN2OS/c13-9-2-1-3-10-11(9)14-12(16)15(10)6-8-4-5-17-7-8/h1-3,8H,4-7H2,(H,14,16). The summed E-state index contributed by atoms with van der Waals surface area (Å²) in [7, 11) is 0. The van der Waals surface area contributed by atoms with Crippen molar-refractivity contribution in [3.05, 3.63) is 33.7 Å². The number of imidazole rings is 1. The molecule has 1 N–H and O–H groups in total. The average molecular weight is 269 g/mol. The van der Waals surface area contributed by atoms with Crippen LogP contribution in [0, 0.1) is 5.92 Å². The molecule has 1 aromatic heterocycles. The van der Waals surface area contributed by atoms with E-state index in [9.17, 15) is 4.79 Å². The van der Waals surface area contributed by atoms with Gasteiger partial charge >= 0.3 is 5.69 Å². The van der Waals surface area contributed by atoms with Gasteiger partial charge in [-0.05, 0) is 36.0 Å². The number of thioether (sulfide) groups is 1. The molecule has 3 nitrogen and oxygen atoms in total. The molecule has 1 aliphatic rings. The fourth-order valence-electron chi connectivity index (χ4n) is 2.31. The SMILES string of the molecule is O=c1[nH]c2c(Cl)cccc2n1CC1CCSC1. The molecular weight excluding hydrogens is 256 g/mol. The number of benzene rings is 1. The zero-order valence-corrected chi connectivity index (χ0v) is 10.9. The van der Waals surface area contributed by atoms with Crippen LogP contribution in [0.5, 0.6) is 0 Å². The second kappa shape index (κ2) is 4.42. The van der Waals surface area contributed by atoms with Crippen LogP contribution in [0.25, 0.3) is 11.0 Å². The molecule has 17 heavy (non-hydrogen) atoms. The van der Waals surface area contributed by atoms with Gasteiger partial charge in [-0.25, -0.2) is 4.79 Å². The zero-order valence-electron chi connectivity index (χ0n) is 9.28. The highest BCUT2D eigenvalue weighted by Crippen LogP contribution is 2.26. The van der Waals surface area contributed by atoms with Gasteiger partial charge in [0.05, 0.1) is 16.1 Å². The third-order valence-electron chi connectivity index (χ3n) is 3.22. The molecule has 1 atom stereocenters.